The third-order valence-corrected chi connectivity index (χ3v) is 19.9. The molecule has 0 bridgehead atoms. The summed E-state index contributed by atoms with van der Waals surface area (Å²) >= 11 is 3.59. The van der Waals surface area contributed by atoms with Gasteiger partial charge in [0.1, 0.15) is 16.9 Å². The molecule has 2 amide bonds. The SMILES string of the molecule is C=C1Cc2ccccc2N1C.CC.CC.CC.CC.CC.CC.CC.CC.CC.CC.CC.CC1=Cc2ccccc2C1.CN1CCc2ccccc2C1=O.CN1Cc2ccccc2C1=O.Cc1cc2ccccc2o1.Cc1cc2ccccc2s1.Cc1nc2ccccc2o1.Cc1nc2ccccc2s1.Cn1oc2ccccc2c1=O.O=C1CCc2ccccc21. The number of aryl methyl sites for hydroxylation is 6. The number of nitrogens with zero attached hydrogens (tertiary/aromatic N) is 6. The fourth-order valence-corrected chi connectivity index (χ4v) is 14.3. The van der Waals surface area contributed by atoms with Gasteiger partial charge in [0.25, 0.3) is 17.4 Å². The summed E-state index contributed by atoms with van der Waals surface area (Å²) in [7, 11) is 7.33. The molecule has 684 valence electrons. The van der Waals surface area contributed by atoms with Crippen LogP contribution in [-0.2, 0) is 39.3 Å². The molecule has 0 atom stereocenters. The number of rotatable bonds is 0. The average Bonchev–Trinajstić information content (AvgIpc) is 1.67. The summed E-state index contributed by atoms with van der Waals surface area (Å²) in [6.45, 7) is 59.7. The number of furan rings is 1. The van der Waals surface area contributed by atoms with Crippen LogP contribution in [0.2, 0.25) is 0 Å². The minimum absolute atomic E-state index is 0.0828. The fraction of sp³-hybridized carbons (Fsp3) is 0.339. The number of hydrogen-bond donors (Lipinski definition) is 0. The van der Waals surface area contributed by atoms with Gasteiger partial charge in [0.2, 0.25) is 0 Å². The lowest BCUT2D eigenvalue weighted by molar-refractivity contribution is 0.0779. The Balaban J connectivity index is 0.00000136. The Hall–Kier alpha value is -11.8. The molecule has 15 heteroatoms. The van der Waals surface area contributed by atoms with Crippen LogP contribution >= 0.6 is 22.7 Å². The van der Waals surface area contributed by atoms with Crippen LogP contribution in [0.15, 0.2) is 291 Å². The number of thiophene rings is 1. The molecule has 0 fully saturated rings. The Bertz CT molecular complexity index is 5190. The van der Waals surface area contributed by atoms with Gasteiger partial charge < -0.3 is 28.1 Å². The highest BCUT2D eigenvalue weighted by molar-refractivity contribution is 7.19. The zero-order valence-electron chi connectivity index (χ0n) is 82.8. The largest absolute Gasteiger partial charge is 0.461 e. The molecule has 0 N–H and O–H groups in total. The monoisotopic (exact) mass is 1760 g/mol. The number of hydrogen-bond acceptors (Lipinski definition) is 12. The first-order valence-electron chi connectivity index (χ1n) is 46.0. The fourth-order valence-electron chi connectivity index (χ4n) is 12.6. The van der Waals surface area contributed by atoms with E-state index in [2.05, 4.69) is 133 Å². The minimum Gasteiger partial charge on any atom is -0.461 e. The van der Waals surface area contributed by atoms with Crippen molar-refractivity contribution in [3.05, 3.63) is 355 Å². The second-order valence-electron chi connectivity index (χ2n) is 25.9. The predicted octanol–water partition coefficient (Wildman–Crippen LogP) is 32.4. The van der Waals surface area contributed by atoms with E-state index in [4.69, 9.17) is 13.4 Å². The van der Waals surface area contributed by atoms with Gasteiger partial charge in [-0.15, -0.1) is 22.7 Å². The van der Waals surface area contributed by atoms with Gasteiger partial charge in [0, 0.05) is 104 Å². The van der Waals surface area contributed by atoms with E-state index in [1.54, 1.807) is 40.3 Å². The molecule has 20 rings (SSSR count). The quantitative estimate of drug-likeness (QED) is 0.144. The van der Waals surface area contributed by atoms with Crippen molar-refractivity contribution in [2.45, 2.75) is 226 Å². The smallest absolute Gasteiger partial charge is 0.290 e. The molecule has 5 aromatic heterocycles. The molecule has 5 aliphatic rings. The third-order valence-electron chi connectivity index (χ3n) is 17.9. The number of ketones is 1. The maximum atomic E-state index is 11.5. The number of Topliss-reactive ketones (excluding diaryl/α,β-unsaturated/α-hetero) is 1. The lowest BCUT2D eigenvalue weighted by Gasteiger charge is -2.24. The first-order chi connectivity index (χ1) is 61.8. The number of thiazole rings is 1. The summed E-state index contributed by atoms with van der Waals surface area (Å²) in [5, 5.41) is 4.32. The maximum Gasteiger partial charge on any atom is 0.290 e. The molecule has 127 heavy (non-hydrogen) atoms. The third kappa shape index (κ3) is 37.4. The Morgan fingerprint density at radius 3 is 1.38 bits per heavy atom. The van der Waals surface area contributed by atoms with E-state index in [1.807, 2.05) is 356 Å². The summed E-state index contributed by atoms with van der Waals surface area (Å²) in [5.74, 6) is 2.29. The van der Waals surface area contributed by atoms with Crippen molar-refractivity contribution in [1.82, 2.24) is 24.5 Å². The van der Waals surface area contributed by atoms with Crippen LogP contribution < -0.4 is 10.5 Å². The van der Waals surface area contributed by atoms with Gasteiger partial charge in [-0.1, -0.05) is 346 Å². The van der Waals surface area contributed by atoms with Crippen molar-refractivity contribution in [3.63, 3.8) is 0 Å². The van der Waals surface area contributed by atoms with Gasteiger partial charge in [-0.3, -0.25) is 19.2 Å². The number of benzene rings is 10. The molecule has 10 aromatic carbocycles. The first kappa shape index (κ1) is 115. The number of para-hydroxylation sites is 6. The molecule has 0 saturated carbocycles. The summed E-state index contributed by atoms with van der Waals surface area (Å²) in [6.07, 6.45) is 7.05. The number of carbonyl (C=O) groups excluding carboxylic acids is 3. The molecule has 13 nitrogen and oxygen atoms in total. The minimum atomic E-state index is -0.0828. The second kappa shape index (κ2) is 67.6. The van der Waals surface area contributed by atoms with E-state index in [0.717, 1.165) is 99.9 Å². The molecule has 0 radical (unpaired) electrons. The van der Waals surface area contributed by atoms with Crippen molar-refractivity contribution in [1.29, 1.82) is 0 Å². The number of oxazole rings is 1. The molecule has 3 aliphatic heterocycles. The van der Waals surface area contributed by atoms with Crippen molar-refractivity contribution in [2.24, 2.45) is 7.05 Å². The highest BCUT2D eigenvalue weighted by atomic mass is 32.1. The number of aromatic nitrogens is 3. The standard InChI is InChI=1S/C10H11NO.C10H11N.C10H10.C9H9NO.2C9H8O.C9H8S.C8H7NO2.C8H7NO.C8H7NS.11C2H6/c1-11-7-6-8-4-2-3-5-9(8)10(11)12;1-8-7-9-5-3-4-6-10(9)11(8)2;1-8-6-9-4-2-3-5-10(9)7-8;1-10-6-7-4-2-3-5-8(7)9(10)11;1-7-6-8-4-2-3-5-9(8)10-7;10-9-6-5-7-3-1-2-4-8(7)9;1-7-6-8-4-2-3-5-9(8)10-7;1-9-8(10)6-4-2-3-5-7(6)11-9;2*1-6-9-7-4-2-3-5-8(7)10-6;11*1-2/h2-5H,6-7H2,1H3;3-6H,1,7H2,2H3;2-6H,7H2,1H3;2-5H,6H2,1H3;2-6H,1H3;1-4H,5-6H2;2-6H,1H3;2-5H,1H3;2*2-5H,1H3;11*1-2H3. The number of amides is 2. The van der Waals surface area contributed by atoms with E-state index in [-0.39, 0.29) is 17.4 Å². The zero-order valence-corrected chi connectivity index (χ0v) is 84.5. The zero-order chi connectivity index (χ0) is 95.9. The van der Waals surface area contributed by atoms with Crippen molar-refractivity contribution >= 4 is 105 Å². The van der Waals surface area contributed by atoms with Crippen molar-refractivity contribution in [2.75, 3.05) is 32.6 Å². The number of allylic oxidation sites excluding steroid dienone is 2. The second-order valence-corrected chi connectivity index (χ2v) is 28.4. The molecule has 0 unspecified atom stereocenters. The normalized spacial score (nSPS) is 11.3. The van der Waals surface area contributed by atoms with Crippen LogP contribution in [0.4, 0.5) is 5.69 Å². The van der Waals surface area contributed by atoms with Gasteiger partial charge in [-0.25, -0.2) is 9.97 Å². The molecular formula is C112H152N6O7S2. The summed E-state index contributed by atoms with van der Waals surface area (Å²) < 4.78 is 19.6. The maximum absolute atomic E-state index is 11.5. The highest BCUT2D eigenvalue weighted by Crippen LogP contribution is 2.32. The van der Waals surface area contributed by atoms with Crippen LogP contribution in [-0.4, -0.2) is 69.8 Å². The van der Waals surface area contributed by atoms with Crippen LogP contribution in [0.25, 0.3) is 59.4 Å². The average molecular weight is 1760 g/mol. The number of likely N-dealkylation sites (N-methyl/N-ethyl adjacent to an activating group) is 2. The van der Waals surface area contributed by atoms with Gasteiger partial charge in [0.15, 0.2) is 22.8 Å². The number of anilines is 1. The molecule has 15 aromatic rings. The molecule has 0 saturated heterocycles. The first-order valence-corrected chi connectivity index (χ1v) is 47.6. The predicted molar refractivity (Wildman–Crippen MR) is 557 cm³/mol. The molecule has 0 spiro atoms. The van der Waals surface area contributed by atoms with Crippen LogP contribution in [0.1, 0.15) is 252 Å². The van der Waals surface area contributed by atoms with E-state index < -0.39 is 0 Å². The topological polar surface area (TPSA) is 148 Å². The summed E-state index contributed by atoms with van der Waals surface area (Å²) in [6, 6.07) is 84.2. The number of fused-ring (bicyclic) bond motifs is 10. The van der Waals surface area contributed by atoms with Crippen LogP contribution in [0.5, 0.6) is 0 Å². The number of carbonyl (C=O) groups is 3. The highest BCUT2D eigenvalue weighted by Gasteiger charge is 2.24. The van der Waals surface area contributed by atoms with Crippen LogP contribution in [0, 0.1) is 27.7 Å². The van der Waals surface area contributed by atoms with Gasteiger partial charge >= 0.3 is 0 Å². The Kier molecular flexibility index (Phi) is 61.3. The Morgan fingerprint density at radius 2 is 0.835 bits per heavy atom. The summed E-state index contributed by atoms with van der Waals surface area (Å²) in [5.41, 5.74) is 18.9. The van der Waals surface area contributed by atoms with E-state index >= 15 is 0 Å². The van der Waals surface area contributed by atoms with Crippen molar-refractivity contribution < 1.29 is 27.7 Å². The van der Waals surface area contributed by atoms with Gasteiger partial charge in [-0.05, 0) is 165 Å². The lowest BCUT2D eigenvalue weighted by Crippen LogP contribution is -2.33. The molecular weight excluding hydrogens is 1610 g/mol. The van der Waals surface area contributed by atoms with E-state index in [1.165, 1.54) is 74.6 Å². The Labute approximate surface area is 772 Å². The lowest BCUT2D eigenvalue weighted by atomic mass is 10.00. The summed E-state index contributed by atoms with van der Waals surface area (Å²) in [4.78, 5) is 60.6. The van der Waals surface area contributed by atoms with Crippen LogP contribution in [0.3, 0.4) is 0 Å². The van der Waals surface area contributed by atoms with Gasteiger partial charge in [0.05, 0.1) is 20.6 Å². The van der Waals surface area contributed by atoms with E-state index in [9.17, 15) is 19.2 Å². The Morgan fingerprint density at radius 1 is 0.378 bits per heavy atom. The van der Waals surface area contributed by atoms with Gasteiger partial charge in [-0.2, -0.15) is 4.74 Å². The molecule has 8 heterocycles. The molecule has 2 aliphatic carbocycles. The van der Waals surface area contributed by atoms with E-state index in [0.29, 0.717) is 23.2 Å². The van der Waals surface area contributed by atoms with Crippen molar-refractivity contribution in [3.8, 4) is 0 Å².